The molecule has 3 aromatic heterocycles. The van der Waals surface area contributed by atoms with Crippen LogP contribution in [0.25, 0.3) is 104 Å². The van der Waals surface area contributed by atoms with Crippen LogP contribution >= 0.6 is 0 Å². The molecule has 11 aromatic rings. The molecule has 0 unspecified atom stereocenters. The Balaban J connectivity index is 1.32. The highest BCUT2D eigenvalue weighted by molar-refractivity contribution is 6.30. The number of aromatic nitrogens is 1. The summed E-state index contributed by atoms with van der Waals surface area (Å²) in [5.74, 6) is 0. The molecule has 0 aliphatic rings. The lowest BCUT2D eigenvalue weighted by atomic mass is 9.84. The quantitative estimate of drug-likeness (QED) is 0.183. The number of furan rings is 2. The van der Waals surface area contributed by atoms with Gasteiger partial charge in [0.2, 0.25) is 0 Å². The molecule has 0 saturated carbocycles. The molecule has 8 aromatic carbocycles. The number of fused-ring (bicyclic) bond motifs is 10. The highest BCUT2D eigenvalue weighted by Gasteiger charge is 2.24. The van der Waals surface area contributed by atoms with Crippen molar-refractivity contribution in [2.75, 3.05) is 0 Å². The predicted molar refractivity (Wildman–Crippen MR) is 204 cm³/mol. The fourth-order valence-electron chi connectivity index (χ4n) is 8.31. The largest absolute Gasteiger partial charge is 0.460 e. The van der Waals surface area contributed by atoms with Gasteiger partial charge in [-0.25, -0.2) is 0 Å². The van der Waals surface area contributed by atoms with E-state index in [0.717, 1.165) is 44.2 Å². The van der Waals surface area contributed by atoms with Crippen LogP contribution in [0.5, 0.6) is 0 Å². The maximum Gasteiger partial charge on any atom is 0.179 e. The lowest BCUT2D eigenvalue weighted by Gasteiger charge is -2.19. The van der Waals surface area contributed by atoms with E-state index in [9.17, 15) is 0 Å². The highest BCUT2D eigenvalue weighted by Crippen LogP contribution is 2.50. The molecule has 0 spiro atoms. The zero-order valence-electron chi connectivity index (χ0n) is 26.4. The molecule has 3 nitrogen and oxygen atoms in total. The van der Waals surface area contributed by atoms with Crippen molar-refractivity contribution < 1.29 is 8.83 Å². The van der Waals surface area contributed by atoms with Gasteiger partial charge in [0.05, 0.1) is 17.3 Å². The maximum absolute atomic E-state index is 6.54. The monoisotopic (exact) mass is 625 g/mol. The van der Waals surface area contributed by atoms with Gasteiger partial charge < -0.3 is 13.4 Å². The van der Waals surface area contributed by atoms with Gasteiger partial charge in [-0.15, -0.1) is 0 Å². The Morgan fingerprint density at radius 3 is 1.73 bits per heavy atom. The van der Waals surface area contributed by atoms with Crippen LogP contribution in [0.1, 0.15) is 0 Å². The second-order valence-corrected chi connectivity index (χ2v) is 12.8. The van der Waals surface area contributed by atoms with Gasteiger partial charge in [0.15, 0.2) is 11.2 Å². The van der Waals surface area contributed by atoms with E-state index < -0.39 is 0 Å². The van der Waals surface area contributed by atoms with E-state index in [0.29, 0.717) is 0 Å². The van der Waals surface area contributed by atoms with Crippen LogP contribution < -0.4 is 0 Å². The normalized spacial score (nSPS) is 12.1. The van der Waals surface area contributed by atoms with Crippen molar-refractivity contribution in [3.63, 3.8) is 0 Å². The Morgan fingerprint density at radius 1 is 0.408 bits per heavy atom. The third-order valence-corrected chi connectivity index (χ3v) is 10.2. The molecule has 0 bridgehead atoms. The standard InChI is InChI=1S/C46H27NO2/c1-2-13-29(14-3-1)47-38-22-10-8-19-34(38)43-36(21-12-23-39(43)47)41-30-15-4-6-17-32(30)42(33-18-7-5-16-31(33)41)37-27-28-25-26-48-45(28)46-44(37)35-20-9-11-24-40(35)49-46/h1-27H. The summed E-state index contributed by atoms with van der Waals surface area (Å²) in [6.45, 7) is 0. The van der Waals surface area contributed by atoms with Gasteiger partial charge in [0.1, 0.15) is 5.58 Å². The van der Waals surface area contributed by atoms with Crippen LogP contribution in [0.4, 0.5) is 0 Å². The zero-order chi connectivity index (χ0) is 32.1. The molecule has 0 radical (unpaired) electrons. The first-order valence-electron chi connectivity index (χ1n) is 16.7. The van der Waals surface area contributed by atoms with Crippen molar-refractivity contribution in [1.29, 1.82) is 0 Å². The summed E-state index contributed by atoms with van der Waals surface area (Å²) in [6, 6.07) is 56.6. The summed E-state index contributed by atoms with van der Waals surface area (Å²) >= 11 is 0. The first-order valence-corrected chi connectivity index (χ1v) is 16.7. The number of para-hydroxylation sites is 3. The Kier molecular flexibility index (Phi) is 5.38. The second kappa shape index (κ2) is 9.96. The van der Waals surface area contributed by atoms with Crippen molar-refractivity contribution in [3.8, 4) is 27.9 Å². The molecule has 0 atom stereocenters. The van der Waals surface area contributed by atoms with Gasteiger partial charge in [-0.2, -0.15) is 0 Å². The van der Waals surface area contributed by atoms with Crippen LogP contribution in [-0.4, -0.2) is 4.57 Å². The summed E-state index contributed by atoms with van der Waals surface area (Å²) in [7, 11) is 0. The molecule has 3 heteroatoms. The summed E-state index contributed by atoms with van der Waals surface area (Å²) < 4.78 is 14.9. The highest BCUT2D eigenvalue weighted by atomic mass is 16.4. The predicted octanol–water partition coefficient (Wildman–Crippen LogP) is 13.1. The summed E-state index contributed by atoms with van der Waals surface area (Å²) in [5.41, 5.74) is 10.8. The summed E-state index contributed by atoms with van der Waals surface area (Å²) in [5, 5.41) is 10.5. The van der Waals surface area contributed by atoms with Crippen molar-refractivity contribution in [2.45, 2.75) is 0 Å². The maximum atomic E-state index is 6.54. The smallest absolute Gasteiger partial charge is 0.179 e. The van der Waals surface area contributed by atoms with Crippen LogP contribution in [0, 0.1) is 0 Å². The molecule has 0 N–H and O–H groups in total. The number of rotatable bonds is 3. The Hall–Kier alpha value is -6.58. The lowest BCUT2D eigenvalue weighted by molar-refractivity contribution is 0.600. The molecular formula is C46H27NO2. The van der Waals surface area contributed by atoms with Gasteiger partial charge in [-0.05, 0) is 86.3 Å². The SMILES string of the molecule is c1ccc(-n2c3ccccc3c3c(-c4c5ccccc5c(-c5cc6ccoc6c6oc7ccccc7c56)c5ccccc45)cccc32)cc1. The van der Waals surface area contributed by atoms with E-state index in [1.807, 2.05) is 18.2 Å². The minimum Gasteiger partial charge on any atom is -0.460 e. The fraction of sp³-hybridized carbons (Fsp3) is 0. The van der Waals surface area contributed by atoms with Crippen LogP contribution in [0.15, 0.2) is 173 Å². The van der Waals surface area contributed by atoms with Gasteiger partial charge in [-0.3, -0.25) is 0 Å². The second-order valence-electron chi connectivity index (χ2n) is 12.8. The van der Waals surface area contributed by atoms with Crippen molar-refractivity contribution in [3.05, 3.63) is 164 Å². The van der Waals surface area contributed by atoms with Crippen LogP contribution in [0.3, 0.4) is 0 Å². The van der Waals surface area contributed by atoms with Crippen molar-refractivity contribution in [1.82, 2.24) is 4.57 Å². The minimum atomic E-state index is 0.779. The number of hydrogen-bond donors (Lipinski definition) is 0. The zero-order valence-corrected chi connectivity index (χ0v) is 26.4. The first-order chi connectivity index (χ1) is 24.3. The van der Waals surface area contributed by atoms with Crippen molar-refractivity contribution in [2.24, 2.45) is 0 Å². The molecular weight excluding hydrogens is 599 g/mol. The molecule has 49 heavy (non-hydrogen) atoms. The van der Waals surface area contributed by atoms with E-state index in [-0.39, 0.29) is 0 Å². The lowest BCUT2D eigenvalue weighted by Crippen LogP contribution is -1.94. The van der Waals surface area contributed by atoms with Gasteiger partial charge in [-0.1, -0.05) is 115 Å². The van der Waals surface area contributed by atoms with Crippen LogP contribution in [-0.2, 0) is 0 Å². The minimum absolute atomic E-state index is 0.779. The average molecular weight is 626 g/mol. The Bertz CT molecular complexity index is 3050. The Morgan fingerprint density at radius 2 is 1.00 bits per heavy atom. The van der Waals surface area contributed by atoms with E-state index >= 15 is 0 Å². The van der Waals surface area contributed by atoms with Crippen LogP contribution in [0.2, 0.25) is 0 Å². The molecule has 3 heterocycles. The van der Waals surface area contributed by atoms with Crippen molar-refractivity contribution >= 4 is 76.3 Å². The molecule has 0 aliphatic carbocycles. The third kappa shape index (κ3) is 3.62. The van der Waals surface area contributed by atoms with E-state index in [1.54, 1.807) is 6.26 Å². The summed E-state index contributed by atoms with van der Waals surface area (Å²) in [6.07, 6.45) is 1.76. The average Bonchev–Trinajstić information content (AvgIpc) is 3.88. The van der Waals surface area contributed by atoms with Gasteiger partial charge in [0, 0.05) is 32.6 Å². The number of nitrogens with zero attached hydrogens (tertiary/aromatic N) is 1. The molecule has 0 aliphatic heterocycles. The molecule has 0 saturated heterocycles. The first kappa shape index (κ1) is 26.5. The third-order valence-electron chi connectivity index (χ3n) is 10.2. The van der Waals surface area contributed by atoms with Gasteiger partial charge >= 0.3 is 0 Å². The molecule has 0 amide bonds. The Labute approximate surface area is 280 Å². The number of hydrogen-bond acceptors (Lipinski definition) is 2. The molecule has 11 rings (SSSR count). The van der Waals surface area contributed by atoms with Gasteiger partial charge in [0.25, 0.3) is 0 Å². The topological polar surface area (TPSA) is 31.2 Å². The molecule has 0 fully saturated rings. The molecule has 228 valence electrons. The van der Waals surface area contributed by atoms with E-state index in [2.05, 4.69) is 144 Å². The number of benzene rings is 8. The van der Waals surface area contributed by atoms with E-state index in [4.69, 9.17) is 8.83 Å². The van der Waals surface area contributed by atoms with E-state index in [1.165, 1.54) is 60.0 Å². The summed E-state index contributed by atoms with van der Waals surface area (Å²) in [4.78, 5) is 0. The fourth-order valence-corrected chi connectivity index (χ4v) is 8.31.